The van der Waals surface area contributed by atoms with E-state index in [1.54, 1.807) is 0 Å². The van der Waals surface area contributed by atoms with Crippen molar-refractivity contribution in [1.29, 1.82) is 0 Å². The maximum Gasteiger partial charge on any atom is 0.268 e. The molecule has 0 heterocycles. The molecule has 0 bridgehead atoms. The molecule has 80 heavy (non-hydrogen) atoms. The molecule has 0 spiro atoms. The molecule has 0 aliphatic rings. The lowest BCUT2D eigenvalue weighted by molar-refractivity contribution is -0.870. The van der Waals surface area contributed by atoms with E-state index in [9.17, 15) is 19.4 Å². The molecule has 0 saturated carbocycles. The number of unbranched alkanes of at least 4 members (excludes halogenated alkanes) is 32. The van der Waals surface area contributed by atoms with Gasteiger partial charge in [0.25, 0.3) is 7.82 Å². The van der Waals surface area contributed by atoms with Crippen LogP contribution in [-0.4, -0.2) is 68.5 Å². The van der Waals surface area contributed by atoms with Gasteiger partial charge in [-0.2, -0.15) is 0 Å². The highest BCUT2D eigenvalue weighted by Gasteiger charge is 2.24. The average molecular weight is 1140 g/mol. The Balaban J connectivity index is 4.07. The van der Waals surface area contributed by atoms with Crippen LogP contribution in [0.15, 0.2) is 97.2 Å². The number of allylic oxidation sites excluding steroid dienone is 16. The second kappa shape index (κ2) is 61.0. The van der Waals surface area contributed by atoms with E-state index in [0.717, 1.165) is 89.9 Å². The molecule has 0 fully saturated rings. The summed E-state index contributed by atoms with van der Waals surface area (Å²) in [5, 5.41) is 14.1. The van der Waals surface area contributed by atoms with Crippen molar-refractivity contribution in [1.82, 2.24) is 5.32 Å². The highest BCUT2D eigenvalue weighted by molar-refractivity contribution is 7.45. The Hall–Kier alpha value is -2.58. The predicted molar refractivity (Wildman–Crippen MR) is 348 cm³/mol. The Morgan fingerprint density at radius 1 is 0.450 bits per heavy atom. The first kappa shape index (κ1) is 77.4. The van der Waals surface area contributed by atoms with Crippen molar-refractivity contribution in [2.45, 2.75) is 309 Å². The van der Waals surface area contributed by atoms with Gasteiger partial charge in [-0.3, -0.25) is 9.36 Å². The number of carbonyl (C=O) groups is 1. The van der Waals surface area contributed by atoms with Crippen LogP contribution in [0.2, 0.25) is 0 Å². The van der Waals surface area contributed by atoms with Crippen molar-refractivity contribution in [2.75, 3.05) is 40.9 Å². The zero-order valence-corrected chi connectivity index (χ0v) is 53.9. The standard InChI is InChI=1S/C71H129N2O6P/c1-6-8-10-12-14-16-18-20-22-24-26-28-29-30-31-32-33-34-35-36-37-38-39-40-41-42-43-45-47-49-51-53-55-57-59-61-63-65-71(75)72-69(68-79-80(76,77)78-67-66-73(3,4)5)70(74)64-62-60-58-56-54-52-50-48-46-44-27-25-23-21-19-17-15-13-11-9-7-2/h8,10,14,16,20,22,26,28,30-31,33-34,36-37,39-40,69-70,74H,6-7,9,11-13,15,17-19,21,23-25,27,29,32,35,38,41-68H2,1-5H3,(H-,72,75,76,77)/b10-8-,16-14-,22-20-,28-26-,31-30-,34-33-,37-36-,40-39-. The summed E-state index contributed by atoms with van der Waals surface area (Å²) < 4.78 is 23.5. The number of nitrogens with one attached hydrogen (secondary N) is 1. The molecule has 9 heteroatoms. The first-order chi connectivity index (χ1) is 39.0. The Morgan fingerprint density at radius 2 is 0.762 bits per heavy atom. The summed E-state index contributed by atoms with van der Waals surface area (Å²) >= 11 is 0. The van der Waals surface area contributed by atoms with Crippen LogP contribution in [0.25, 0.3) is 0 Å². The van der Waals surface area contributed by atoms with Crippen LogP contribution in [0.5, 0.6) is 0 Å². The molecule has 464 valence electrons. The molecule has 0 aromatic rings. The maximum absolute atomic E-state index is 13.0. The van der Waals surface area contributed by atoms with Gasteiger partial charge in [0.2, 0.25) is 5.91 Å². The van der Waals surface area contributed by atoms with Crippen LogP contribution in [-0.2, 0) is 18.4 Å². The number of amides is 1. The maximum atomic E-state index is 13.0. The SMILES string of the molecule is CC/C=C\C/C=C\C/C=C\C/C=C\C/C=C\C/C=C\C/C=C\C/C=C\CCCCCCCCCCCCCCC(=O)NC(COP(=O)([O-])OCC[N+](C)(C)C)C(O)CCCCCCCCCCCCCCCCCCCCCCC. The van der Waals surface area contributed by atoms with Crippen molar-refractivity contribution in [3.8, 4) is 0 Å². The monoisotopic (exact) mass is 1140 g/mol. The molecule has 0 radical (unpaired) electrons. The predicted octanol–water partition coefficient (Wildman–Crippen LogP) is 20.7. The molecular weight excluding hydrogens is 1010 g/mol. The molecule has 0 rings (SSSR count). The van der Waals surface area contributed by atoms with E-state index in [-0.39, 0.29) is 19.1 Å². The van der Waals surface area contributed by atoms with E-state index in [2.05, 4.69) is 116 Å². The van der Waals surface area contributed by atoms with Crippen LogP contribution in [0.4, 0.5) is 0 Å². The van der Waals surface area contributed by atoms with Crippen LogP contribution in [0.3, 0.4) is 0 Å². The van der Waals surface area contributed by atoms with Crippen molar-refractivity contribution in [3.05, 3.63) is 97.2 Å². The summed E-state index contributed by atoms with van der Waals surface area (Å²) in [5.41, 5.74) is 0. The number of quaternary nitrogens is 1. The molecule has 3 atom stereocenters. The highest BCUT2D eigenvalue weighted by atomic mass is 31.2. The van der Waals surface area contributed by atoms with Gasteiger partial charge >= 0.3 is 0 Å². The van der Waals surface area contributed by atoms with E-state index < -0.39 is 20.0 Å². The minimum absolute atomic E-state index is 0.00904. The Morgan fingerprint density at radius 3 is 1.11 bits per heavy atom. The van der Waals surface area contributed by atoms with E-state index >= 15 is 0 Å². The summed E-state index contributed by atoms with van der Waals surface area (Å²) in [7, 11) is 1.30. The molecule has 3 unspecified atom stereocenters. The molecule has 8 nitrogen and oxygen atoms in total. The van der Waals surface area contributed by atoms with Gasteiger partial charge in [0.1, 0.15) is 13.2 Å². The number of aliphatic hydroxyl groups is 1. The van der Waals surface area contributed by atoms with Crippen LogP contribution < -0.4 is 10.2 Å². The van der Waals surface area contributed by atoms with Gasteiger partial charge in [-0.05, 0) is 77.0 Å². The third kappa shape index (κ3) is 63.0. The van der Waals surface area contributed by atoms with E-state index in [4.69, 9.17) is 9.05 Å². The number of likely N-dealkylation sites (N-methyl/N-ethyl adjacent to an activating group) is 1. The van der Waals surface area contributed by atoms with Gasteiger partial charge in [0.15, 0.2) is 0 Å². The number of aliphatic hydroxyl groups excluding tert-OH is 1. The van der Waals surface area contributed by atoms with Crippen molar-refractivity contribution >= 4 is 13.7 Å². The van der Waals surface area contributed by atoms with Gasteiger partial charge in [-0.15, -0.1) is 0 Å². The summed E-state index contributed by atoms with van der Waals surface area (Å²) in [6.45, 7) is 4.63. The summed E-state index contributed by atoms with van der Waals surface area (Å²) in [6, 6.07) is -0.808. The molecule has 2 N–H and O–H groups in total. The number of phosphoric ester groups is 1. The molecule has 0 aromatic heterocycles. The zero-order valence-electron chi connectivity index (χ0n) is 53.0. The molecule has 1 amide bonds. The minimum Gasteiger partial charge on any atom is -0.756 e. The molecule has 0 aromatic carbocycles. The van der Waals surface area contributed by atoms with Crippen molar-refractivity contribution in [3.63, 3.8) is 0 Å². The summed E-state index contributed by atoms with van der Waals surface area (Å²) in [4.78, 5) is 25.6. The van der Waals surface area contributed by atoms with E-state index in [1.807, 2.05) is 21.1 Å². The zero-order chi connectivity index (χ0) is 58.4. The van der Waals surface area contributed by atoms with Gasteiger partial charge in [0.05, 0.1) is 39.9 Å². The largest absolute Gasteiger partial charge is 0.756 e. The van der Waals surface area contributed by atoms with Gasteiger partial charge in [-0.25, -0.2) is 0 Å². The normalized spacial score (nSPS) is 14.3. The van der Waals surface area contributed by atoms with Crippen LogP contribution in [0, 0.1) is 0 Å². The van der Waals surface area contributed by atoms with Gasteiger partial charge in [0, 0.05) is 6.42 Å². The quantitative estimate of drug-likeness (QED) is 0.0272. The number of hydrogen-bond acceptors (Lipinski definition) is 6. The third-order valence-corrected chi connectivity index (χ3v) is 15.8. The van der Waals surface area contributed by atoms with E-state index in [0.29, 0.717) is 23.9 Å². The Bertz CT molecular complexity index is 1620. The number of phosphoric acid groups is 1. The van der Waals surface area contributed by atoms with Gasteiger partial charge in [-0.1, -0.05) is 310 Å². The summed E-state index contributed by atoms with van der Waals surface area (Å²) in [6.07, 6.45) is 87.5. The third-order valence-electron chi connectivity index (χ3n) is 14.8. The number of carbonyl (C=O) groups excluding carboxylic acids is 1. The van der Waals surface area contributed by atoms with Crippen LogP contribution >= 0.6 is 7.82 Å². The first-order valence-corrected chi connectivity index (χ1v) is 35.0. The molecular formula is C71H129N2O6P. The fourth-order valence-electron chi connectivity index (χ4n) is 9.65. The molecule has 0 saturated heterocycles. The lowest BCUT2D eigenvalue weighted by Gasteiger charge is -2.30. The lowest BCUT2D eigenvalue weighted by atomic mass is 10.0. The fraction of sp³-hybridized carbons (Fsp3) is 0.761. The number of rotatable bonds is 61. The average Bonchev–Trinajstić information content (AvgIpc) is 3.42. The lowest BCUT2D eigenvalue weighted by Crippen LogP contribution is -2.46. The fourth-order valence-corrected chi connectivity index (χ4v) is 10.4. The Kier molecular flexibility index (Phi) is 59.0. The highest BCUT2D eigenvalue weighted by Crippen LogP contribution is 2.38. The first-order valence-electron chi connectivity index (χ1n) is 33.6. The van der Waals surface area contributed by atoms with E-state index in [1.165, 1.54) is 180 Å². The molecule has 0 aliphatic carbocycles. The number of hydrogen-bond donors (Lipinski definition) is 2. The van der Waals surface area contributed by atoms with Gasteiger partial charge < -0.3 is 28.8 Å². The van der Waals surface area contributed by atoms with Crippen molar-refractivity contribution in [2.24, 2.45) is 0 Å². The minimum atomic E-state index is -4.58. The Labute approximate surface area is 496 Å². The van der Waals surface area contributed by atoms with Crippen LogP contribution in [0.1, 0.15) is 296 Å². The molecule has 0 aliphatic heterocycles. The number of nitrogens with zero attached hydrogens (tertiary/aromatic N) is 1. The van der Waals surface area contributed by atoms with Crippen molar-refractivity contribution < 1.29 is 32.9 Å². The summed E-state index contributed by atoms with van der Waals surface area (Å²) in [5.74, 6) is -0.167. The second-order valence-corrected chi connectivity index (χ2v) is 25.2. The topological polar surface area (TPSA) is 108 Å². The smallest absolute Gasteiger partial charge is 0.268 e. The second-order valence-electron chi connectivity index (χ2n) is 23.8.